The summed E-state index contributed by atoms with van der Waals surface area (Å²) in [5.41, 5.74) is 0.631. The summed E-state index contributed by atoms with van der Waals surface area (Å²) in [5, 5.41) is 0. The van der Waals surface area contributed by atoms with Gasteiger partial charge in [0.05, 0.1) is 12.2 Å². The van der Waals surface area contributed by atoms with Crippen molar-refractivity contribution in [3.63, 3.8) is 0 Å². The second kappa shape index (κ2) is 3.09. The summed E-state index contributed by atoms with van der Waals surface area (Å²) >= 11 is 0. The van der Waals surface area contributed by atoms with E-state index in [1.54, 1.807) is 18.2 Å². The largest absolute Gasteiger partial charge is 0.490 e. The van der Waals surface area contributed by atoms with Gasteiger partial charge in [0.2, 0.25) is 5.78 Å². The van der Waals surface area contributed by atoms with Crippen molar-refractivity contribution in [3.05, 3.63) is 23.8 Å². The van der Waals surface area contributed by atoms with Crippen molar-refractivity contribution in [2.45, 2.75) is 6.92 Å². The number of ketones is 1. The number of Topliss-reactive ketones (excluding diaryl/α,β-unsaturated/α-hetero) is 1. The number of hydrogen-bond donors (Lipinski definition) is 0. The van der Waals surface area contributed by atoms with Crippen molar-refractivity contribution < 1.29 is 14.3 Å². The van der Waals surface area contributed by atoms with Crippen molar-refractivity contribution in [1.82, 2.24) is 0 Å². The molecule has 0 saturated carbocycles. The number of hydrogen-bond acceptors (Lipinski definition) is 3. The van der Waals surface area contributed by atoms with E-state index in [1.165, 1.54) is 0 Å². The Morgan fingerprint density at radius 3 is 3.15 bits per heavy atom. The van der Waals surface area contributed by atoms with Gasteiger partial charge >= 0.3 is 0 Å². The lowest BCUT2D eigenvalue weighted by Gasteiger charge is -2.06. The highest BCUT2D eigenvalue weighted by Gasteiger charge is 2.24. The minimum atomic E-state index is 0.0246. The molecule has 0 radical (unpaired) electrons. The molecule has 13 heavy (non-hydrogen) atoms. The third kappa shape index (κ3) is 1.26. The minimum absolute atomic E-state index is 0.0246. The highest BCUT2D eigenvalue weighted by Crippen LogP contribution is 2.35. The number of carbonyl (C=O) groups is 1. The molecule has 0 unspecified atom stereocenters. The SMILES string of the molecule is CCOc1cccc2c1OCC2=O. The first-order chi connectivity index (χ1) is 6.33. The molecule has 0 N–H and O–H groups in total. The van der Waals surface area contributed by atoms with E-state index in [9.17, 15) is 4.79 Å². The summed E-state index contributed by atoms with van der Waals surface area (Å²) < 4.78 is 10.5. The number of carbonyl (C=O) groups excluding carboxylic acids is 1. The van der Waals surface area contributed by atoms with E-state index in [2.05, 4.69) is 0 Å². The van der Waals surface area contributed by atoms with Gasteiger partial charge in [0, 0.05) is 0 Å². The van der Waals surface area contributed by atoms with E-state index >= 15 is 0 Å². The molecule has 0 aliphatic carbocycles. The molecule has 1 aromatic rings. The quantitative estimate of drug-likeness (QED) is 0.690. The number of rotatable bonds is 2. The number of para-hydroxylation sites is 1. The average molecular weight is 178 g/mol. The standard InChI is InChI=1S/C10H10O3/c1-2-12-9-5-3-4-7-8(11)6-13-10(7)9/h3-5H,2,6H2,1H3. The molecule has 68 valence electrons. The first kappa shape index (κ1) is 8.10. The van der Waals surface area contributed by atoms with Gasteiger partial charge in [-0.2, -0.15) is 0 Å². The van der Waals surface area contributed by atoms with Crippen molar-refractivity contribution in [2.24, 2.45) is 0 Å². The molecule has 0 spiro atoms. The minimum Gasteiger partial charge on any atom is -0.490 e. The maximum absolute atomic E-state index is 11.2. The van der Waals surface area contributed by atoms with E-state index < -0.39 is 0 Å². The maximum atomic E-state index is 11.2. The molecule has 1 heterocycles. The van der Waals surface area contributed by atoms with E-state index in [1.807, 2.05) is 6.92 Å². The van der Waals surface area contributed by atoms with Gasteiger partial charge in [-0.15, -0.1) is 0 Å². The Balaban J connectivity index is 2.44. The van der Waals surface area contributed by atoms with Gasteiger partial charge in [-0.1, -0.05) is 6.07 Å². The topological polar surface area (TPSA) is 35.5 Å². The summed E-state index contributed by atoms with van der Waals surface area (Å²) in [6.45, 7) is 2.61. The summed E-state index contributed by atoms with van der Waals surface area (Å²) in [6, 6.07) is 5.37. The van der Waals surface area contributed by atoms with Gasteiger partial charge in [0.25, 0.3) is 0 Å². The van der Waals surface area contributed by atoms with Gasteiger partial charge in [-0.25, -0.2) is 0 Å². The fourth-order valence-electron chi connectivity index (χ4n) is 1.37. The molecule has 0 bridgehead atoms. The Labute approximate surface area is 76.3 Å². The zero-order valence-corrected chi connectivity index (χ0v) is 7.37. The van der Waals surface area contributed by atoms with Crippen LogP contribution in [-0.4, -0.2) is 19.0 Å². The zero-order valence-electron chi connectivity index (χ0n) is 7.37. The van der Waals surface area contributed by atoms with Crippen LogP contribution >= 0.6 is 0 Å². The second-order valence-electron chi connectivity index (χ2n) is 2.78. The second-order valence-corrected chi connectivity index (χ2v) is 2.78. The van der Waals surface area contributed by atoms with Crippen LogP contribution in [0.1, 0.15) is 17.3 Å². The summed E-state index contributed by atoms with van der Waals surface area (Å²) in [7, 11) is 0. The first-order valence-corrected chi connectivity index (χ1v) is 4.24. The number of benzene rings is 1. The highest BCUT2D eigenvalue weighted by atomic mass is 16.5. The molecule has 3 nitrogen and oxygen atoms in total. The Kier molecular flexibility index (Phi) is 1.93. The Morgan fingerprint density at radius 1 is 1.54 bits per heavy atom. The zero-order chi connectivity index (χ0) is 9.26. The lowest BCUT2D eigenvalue weighted by Crippen LogP contribution is -1.98. The molecular formula is C10H10O3. The number of fused-ring (bicyclic) bond motifs is 1. The predicted octanol–water partition coefficient (Wildman–Crippen LogP) is 1.66. The van der Waals surface area contributed by atoms with Crippen LogP contribution in [0.25, 0.3) is 0 Å². The van der Waals surface area contributed by atoms with E-state index in [0.29, 0.717) is 23.7 Å². The Morgan fingerprint density at radius 2 is 2.38 bits per heavy atom. The lowest BCUT2D eigenvalue weighted by molar-refractivity contribution is 0.0960. The first-order valence-electron chi connectivity index (χ1n) is 4.24. The Bertz CT molecular complexity index is 344. The normalized spacial score (nSPS) is 13.8. The molecule has 3 heteroatoms. The molecule has 0 saturated heterocycles. The number of ether oxygens (including phenoxy) is 2. The molecule has 1 aliphatic rings. The molecule has 2 rings (SSSR count). The van der Waals surface area contributed by atoms with Crippen LogP contribution in [0.5, 0.6) is 11.5 Å². The molecule has 0 atom stereocenters. The predicted molar refractivity (Wildman–Crippen MR) is 47.4 cm³/mol. The summed E-state index contributed by atoms with van der Waals surface area (Å²) in [6.07, 6.45) is 0. The fourth-order valence-corrected chi connectivity index (χ4v) is 1.37. The molecule has 1 aliphatic heterocycles. The fraction of sp³-hybridized carbons (Fsp3) is 0.300. The molecule has 1 aromatic carbocycles. The van der Waals surface area contributed by atoms with Gasteiger partial charge in [-0.05, 0) is 19.1 Å². The smallest absolute Gasteiger partial charge is 0.204 e. The molecule has 0 amide bonds. The molecule has 0 fully saturated rings. The van der Waals surface area contributed by atoms with Crippen LogP contribution in [0.2, 0.25) is 0 Å². The van der Waals surface area contributed by atoms with Crippen LogP contribution in [0, 0.1) is 0 Å². The third-order valence-electron chi connectivity index (χ3n) is 1.93. The highest BCUT2D eigenvalue weighted by molar-refractivity contribution is 6.03. The van der Waals surface area contributed by atoms with Crippen LogP contribution in [0.3, 0.4) is 0 Å². The Hall–Kier alpha value is -1.51. The van der Waals surface area contributed by atoms with Crippen LogP contribution in [0.15, 0.2) is 18.2 Å². The maximum Gasteiger partial charge on any atom is 0.204 e. The van der Waals surface area contributed by atoms with Gasteiger partial charge < -0.3 is 9.47 Å². The molecular weight excluding hydrogens is 168 g/mol. The van der Waals surface area contributed by atoms with Gasteiger partial charge in [0.1, 0.15) is 0 Å². The van der Waals surface area contributed by atoms with Crippen molar-refractivity contribution >= 4 is 5.78 Å². The van der Waals surface area contributed by atoms with Crippen molar-refractivity contribution in [2.75, 3.05) is 13.2 Å². The van der Waals surface area contributed by atoms with Gasteiger partial charge in [-0.3, -0.25) is 4.79 Å². The lowest BCUT2D eigenvalue weighted by atomic mass is 10.1. The van der Waals surface area contributed by atoms with E-state index in [0.717, 1.165) is 0 Å². The van der Waals surface area contributed by atoms with Crippen molar-refractivity contribution in [3.8, 4) is 11.5 Å². The van der Waals surface area contributed by atoms with E-state index in [-0.39, 0.29) is 12.4 Å². The monoisotopic (exact) mass is 178 g/mol. The third-order valence-corrected chi connectivity index (χ3v) is 1.93. The molecule has 0 aromatic heterocycles. The average Bonchev–Trinajstić information content (AvgIpc) is 2.50. The summed E-state index contributed by atoms with van der Waals surface area (Å²) in [4.78, 5) is 11.2. The van der Waals surface area contributed by atoms with Crippen LogP contribution in [-0.2, 0) is 0 Å². The van der Waals surface area contributed by atoms with Gasteiger partial charge in [0.15, 0.2) is 18.1 Å². The van der Waals surface area contributed by atoms with E-state index in [4.69, 9.17) is 9.47 Å². The summed E-state index contributed by atoms with van der Waals surface area (Å²) in [5.74, 6) is 1.27. The van der Waals surface area contributed by atoms with Crippen molar-refractivity contribution in [1.29, 1.82) is 0 Å². The van der Waals surface area contributed by atoms with Crippen LogP contribution in [0.4, 0.5) is 0 Å². The van der Waals surface area contributed by atoms with Crippen LogP contribution < -0.4 is 9.47 Å².